The number of nitrogens with zero attached hydrogens (tertiary/aromatic N) is 2. The van der Waals surface area contributed by atoms with Crippen molar-refractivity contribution in [2.75, 3.05) is 9.80 Å². The fourth-order valence-corrected chi connectivity index (χ4v) is 9.95. The maximum absolute atomic E-state index is 2.49. The fourth-order valence-electron chi connectivity index (χ4n) is 9.95. The Bertz CT molecular complexity index is 2750. The molecule has 1 atom stereocenters. The molecule has 0 saturated heterocycles. The number of para-hydroxylation sites is 3. The summed E-state index contributed by atoms with van der Waals surface area (Å²) in [6, 6.07) is 71.9. The Morgan fingerprint density at radius 3 is 1.67 bits per heavy atom. The summed E-state index contributed by atoms with van der Waals surface area (Å²) in [6.07, 6.45) is 0. The quantitative estimate of drug-likeness (QED) is 0.177. The van der Waals surface area contributed by atoms with Crippen LogP contribution >= 0.6 is 0 Å². The van der Waals surface area contributed by atoms with Gasteiger partial charge in [-0.3, -0.25) is 0 Å². The van der Waals surface area contributed by atoms with Crippen molar-refractivity contribution in [3.8, 4) is 22.3 Å². The van der Waals surface area contributed by atoms with E-state index in [4.69, 9.17) is 0 Å². The van der Waals surface area contributed by atoms with E-state index >= 15 is 0 Å². The van der Waals surface area contributed by atoms with Gasteiger partial charge in [0.05, 0.1) is 16.8 Å². The summed E-state index contributed by atoms with van der Waals surface area (Å²) < 4.78 is 0. The van der Waals surface area contributed by atoms with Crippen LogP contribution in [-0.2, 0) is 10.8 Å². The van der Waals surface area contributed by atoms with E-state index in [2.05, 4.69) is 218 Å². The zero-order chi connectivity index (χ0) is 36.0. The highest BCUT2D eigenvalue weighted by Crippen LogP contribution is 2.65. The van der Waals surface area contributed by atoms with Gasteiger partial charge in [0.2, 0.25) is 0 Å². The summed E-state index contributed by atoms with van der Waals surface area (Å²) >= 11 is 0. The smallest absolute Gasteiger partial charge is 0.0755 e. The molecule has 1 heterocycles. The van der Waals surface area contributed by atoms with Crippen LogP contribution in [0.3, 0.4) is 0 Å². The molecule has 1 aliphatic heterocycles. The molecule has 2 heteroatoms. The van der Waals surface area contributed by atoms with Gasteiger partial charge < -0.3 is 9.80 Å². The van der Waals surface area contributed by atoms with Gasteiger partial charge in [-0.05, 0) is 111 Å². The number of hydrogen-bond acceptors (Lipinski definition) is 2. The van der Waals surface area contributed by atoms with Gasteiger partial charge in [-0.1, -0.05) is 147 Å². The highest BCUT2D eigenvalue weighted by Gasteiger charge is 2.52. The van der Waals surface area contributed by atoms with Gasteiger partial charge in [0, 0.05) is 33.7 Å². The molecule has 0 spiro atoms. The van der Waals surface area contributed by atoms with Crippen molar-refractivity contribution in [1.29, 1.82) is 0 Å². The third kappa shape index (κ3) is 4.11. The van der Waals surface area contributed by atoms with E-state index in [9.17, 15) is 0 Å². The standard InChI is InChI=1S/C52H38N2/c1-51(2)44-25-13-12-23-40(44)41-31-29-38(33-46(41)51)53(36-19-8-4-9-20-36)39-30-32-42-43-24-16-28-49-50(43)52(47(42)34-39,35-17-6-3-7-18-35)45-26-14-15-27-48(45)54(49)37-21-10-5-11-22-37/h3-34H,1-2H3. The lowest BCUT2D eigenvalue weighted by atomic mass is 9.65. The molecule has 2 aliphatic carbocycles. The van der Waals surface area contributed by atoms with Crippen LogP contribution in [-0.4, -0.2) is 0 Å². The van der Waals surface area contributed by atoms with Crippen LogP contribution in [0.2, 0.25) is 0 Å². The Morgan fingerprint density at radius 2 is 0.926 bits per heavy atom. The Kier molecular flexibility index (Phi) is 6.55. The fraction of sp³-hybridized carbons (Fsp3) is 0.0769. The topological polar surface area (TPSA) is 6.48 Å². The predicted octanol–water partition coefficient (Wildman–Crippen LogP) is 13.6. The molecule has 0 radical (unpaired) electrons. The van der Waals surface area contributed by atoms with E-state index in [0.717, 1.165) is 22.7 Å². The summed E-state index contributed by atoms with van der Waals surface area (Å²) in [5.74, 6) is 0. The highest BCUT2D eigenvalue weighted by atomic mass is 15.2. The number of benzene rings is 8. The van der Waals surface area contributed by atoms with E-state index in [1.165, 1.54) is 67.0 Å². The molecule has 0 amide bonds. The molecule has 54 heavy (non-hydrogen) atoms. The molecule has 8 aromatic rings. The van der Waals surface area contributed by atoms with Gasteiger partial charge in [0.15, 0.2) is 0 Å². The first-order valence-corrected chi connectivity index (χ1v) is 18.9. The second kappa shape index (κ2) is 11.4. The van der Waals surface area contributed by atoms with Crippen LogP contribution in [0.5, 0.6) is 0 Å². The first-order valence-electron chi connectivity index (χ1n) is 18.9. The van der Waals surface area contributed by atoms with Gasteiger partial charge in [-0.25, -0.2) is 0 Å². The minimum absolute atomic E-state index is 0.103. The first kappa shape index (κ1) is 30.9. The Balaban J connectivity index is 1.18. The van der Waals surface area contributed by atoms with Crippen LogP contribution in [0.25, 0.3) is 22.3 Å². The number of anilines is 6. The molecule has 0 aromatic heterocycles. The lowest BCUT2D eigenvalue weighted by Gasteiger charge is -2.44. The molecule has 8 aromatic carbocycles. The highest BCUT2D eigenvalue weighted by molar-refractivity contribution is 6.00. The Labute approximate surface area is 317 Å². The number of fused-ring (bicyclic) bond motifs is 8. The lowest BCUT2D eigenvalue weighted by Crippen LogP contribution is -2.36. The minimum Gasteiger partial charge on any atom is -0.310 e. The van der Waals surface area contributed by atoms with Crippen LogP contribution < -0.4 is 9.80 Å². The van der Waals surface area contributed by atoms with Crippen molar-refractivity contribution >= 4 is 34.1 Å². The summed E-state index contributed by atoms with van der Waals surface area (Å²) in [5, 5.41) is 0. The number of rotatable bonds is 5. The maximum atomic E-state index is 2.49. The van der Waals surface area contributed by atoms with Gasteiger partial charge in [0.25, 0.3) is 0 Å². The molecule has 3 aliphatic rings. The van der Waals surface area contributed by atoms with Crippen molar-refractivity contribution in [1.82, 2.24) is 0 Å². The predicted molar refractivity (Wildman–Crippen MR) is 224 cm³/mol. The first-order chi connectivity index (χ1) is 26.6. The van der Waals surface area contributed by atoms with E-state index < -0.39 is 5.41 Å². The van der Waals surface area contributed by atoms with Gasteiger partial charge in [-0.2, -0.15) is 0 Å². The molecular weight excluding hydrogens is 653 g/mol. The Morgan fingerprint density at radius 1 is 0.389 bits per heavy atom. The summed E-state index contributed by atoms with van der Waals surface area (Å²) in [7, 11) is 0. The average Bonchev–Trinajstić information content (AvgIpc) is 3.66. The summed E-state index contributed by atoms with van der Waals surface area (Å²) in [4.78, 5) is 4.91. The van der Waals surface area contributed by atoms with Crippen LogP contribution in [0.4, 0.5) is 34.1 Å². The van der Waals surface area contributed by atoms with Crippen molar-refractivity contribution in [2.24, 2.45) is 0 Å². The monoisotopic (exact) mass is 690 g/mol. The van der Waals surface area contributed by atoms with Gasteiger partial charge in [0.1, 0.15) is 0 Å². The van der Waals surface area contributed by atoms with E-state index in [0.29, 0.717) is 0 Å². The maximum Gasteiger partial charge on any atom is 0.0755 e. The minimum atomic E-state index is -0.523. The molecule has 0 bridgehead atoms. The van der Waals surface area contributed by atoms with Crippen LogP contribution in [0, 0.1) is 0 Å². The summed E-state index contributed by atoms with van der Waals surface area (Å²) in [5.41, 5.74) is 19.6. The molecule has 0 saturated carbocycles. The van der Waals surface area contributed by atoms with Crippen molar-refractivity contribution in [2.45, 2.75) is 24.7 Å². The van der Waals surface area contributed by atoms with E-state index in [-0.39, 0.29) is 5.41 Å². The zero-order valence-corrected chi connectivity index (χ0v) is 30.4. The largest absolute Gasteiger partial charge is 0.310 e. The molecule has 11 rings (SSSR count). The zero-order valence-electron chi connectivity index (χ0n) is 30.4. The lowest BCUT2D eigenvalue weighted by molar-refractivity contribution is 0.660. The van der Waals surface area contributed by atoms with Crippen LogP contribution in [0.1, 0.15) is 47.2 Å². The molecular formula is C52H38N2. The summed E-state index contributed by atoms with van der Waals surface area (Å²) in [6.45, 7) is 4.72. The molecule has 0 N–H and O–H groups in total. The second-order valence-electron chi connectivity index (χ2n) is 15.3. The van der Waals surface area contributed by atoms with Crippen LogP contribution in [0.15, 0.2) is 194 Å². The van der Waals surface area contributed by atoms with Crippen molar-refractivity contribution < 1.29 is 0 Å². The third-order valence-electron chi connectivity index (χ3n) is 12.2. The van der Waals surface area contributed by atoms with Crippen molar-refractivity contribution in [3.63, 3.8) is 0 Å². The second-order valence-corrected chi connectivity index (χ2v) is 15.3. The Hall–Kier alpha value is -6.64. The van der Waals surface area contributed by atoms with E-state index in [1.807, 2.05) is 0 Å². The molecule has 1 unspecified atom stereocenters. The number of hydrogen-bond donors (Lipinski definition) is 0. The normalized spacial score (nSPS) is 16.5. The SMILES string of the molecule is CC1(C)c2ccccc2-c2ccc(N(c3ccccc3)c3ccc4c(c3)C3(c5ccccc5)c5ccccc5N(c5ccccc5)c5cccc-4c53)cc21. The van der Waals surface area contributed by atoms with Gasteiger partial charge in [-0.15, -0.1) is 0 Å². The molecule has 0 fully saturated rings. The van der Waals surface area contributed by atoms with Crippen molar-refractivity contribution in [3.05, 3.63) is 228 Å². The average molecular weight is 691 g/mol. The van der Waals surface area contributed by atoms with E-state index in [1.54, 1.807) is 0 Å². The third-order valence-corrected chi connectivity index (χ3v) is 12.2. The molecule has 2 nitrogen and oxygen atoms in total. The van der Waals surface area contributed by atoms with Gasteiger partial charge >= 0.3 is 0 Å². The molecule has 256 valence electrons.